The smallest absolute Gasteiger partial charge is 0.227 e. The molecule has 1 aliphatic heterocycles. The van der Waals surface area contributed by atoms with E-state index >= 15 is 0 Å². The van der Waals surface area contributed by atoms with E-state index in [-0.39, 0.29) is 11.8 Å². The Morgan fingerprint density at radius 2 is 2.36 bits per heavy atom. The lowest BCUT2D eigenvalue weighted by atomic mass is 9.96. The molecule has 1 amide bonds. The number of hydrogen-bond donors (Lipinski definition) is 0. The van der Waals surface area contributed by atoms with Crippen LogP contribution in [-0.4, -0.2) is 49.1 Å². The molecular weight excluding hydrogens is 336 g/mol. The van der Waals surface area contributed by atoms with Gasteiger partial charge in [-0.3, -0.25) is 9.69 Å². The summed E-state index contributed by atoms with van der Waals surface area (Å²) in [4.78, 5) is 18.6. The van der Waals surface area contributed by atoms with Crippen LogP contribution in [0.15, 0.2) is 40.3 Å². The summed E-state index contributed by atoms with van der Waals surface area (Å²) in [6, 6.07) is 8.02. The first kappa shape index (κ1) is 18.2. The van der Waals surface area contributed by atoms with E-state index in [1.165, 1.54) is 4.88 Å². The summed E-state index contributed by atoms with van der Waals surface area (Å²) in [5, 5.41) is 2.06. The van der Waals surface area contributed by atoms with Crippen molar-refractivity contribution in [1.82, 2.24) is 9.80 Å². The zero-order chi connectivity index (χ0) is 17.5. The quantitative estimate of drug-likeness (QED) is 0.723. The number of methoxy groups -OCH3 is 1. The average molecular weight is 362 g/mol. The summed E-state index contributed by atoms with van der Waals surface area (Å²) in [6.07, 6.45) is 3.71. The molecular formula is C19H26N2O3S. The summed E-state index contributed by atoms with van der Waals surface area (Å²) >= 11 is 1.69. The van der Waals surface area contributed by atoms with Crippen LogP contribution >= 0.6 is 11.3 Å². The number of thiophene rings is 1. The molecule has 5 nitrogen and oxygen atoms in total. The van der Waals surface area contributed by atoms with E-state index in [1.807, 2.05) is 23.1 Å². The van der Waals surface area contributed by atoms with Crippen LogP contribution in [0.1, 0.15) is 23.5 Å². The largest absolute Gasteiger partial charge is 0.468 e. The Kier molecular flexibility index (Phi) is 6.67. The molecule has 1 atom stereocenters. The minimum absolute atomic E-state index is 0.0560. The highest BCUT2D eigenvalue weighted by molar-refractivity contribution is 7.09. The molecule has 0 radical (unpaired) electrons. The van der Waals surface area contributed by atoms with E-state index in [9.17, 15) is 4.79 Å². The van der Waals surface area contributed by atoms with Gasteiger partial charge in [-0.1, -0.05) is 6.07 Å². The fourth-order valence-electron chi connectivity index (χ4n) is 3.34. The molecule has 0 spiro atoms. The Hall–Kier alpha value is -1.63. The normalized spacial score (nSPS) is 18.4. The molecule has 0 N–H and O–H groups in total. The molecule has 6 heteroatoms. The van der Waals surface area contributed by atoms with Crippen LogP contribution in [0.4, 0.5) is 0 Å². The third kappa shape index (κ3) is 5.17. The van der Waals surface area contributed by atoms with Crippen LogP contribution in [0.2, 0.25) is 0 Å². The first-order valence-corrected chi connectivity index (χ1v) is 9.69. The van der Waals surface area contributed by atoms with Crippen LogP contribution < -0.4 is 0 Å². The van der Waals surface area contributed by atoms with Gasteiger partial charge in [0.1, 0.15) is 5.76 Å². The van der Waals surface area contributed by atoms with E-state index in [0.717, 1.165) is 38.2 Å². The molecule has 2 aromatic rings. The van der Waals surface area contributed by atoms with E-state index in [2.05, 4.69) is 16.3 Å². The molecule has 0 aliphatic carbocycles. The number of furan rings is 1. The molecule has 0 aromatic carbocycles. The fourth-order valence-corrected chi connectivity index (χ4v) is 4.06. The van der Waals surface area contributed by atoms with Crippen LogP contribution in [0.3, 0.4) is 0 Å². The summed E-state index contributed by atoms with van der Waals surface area (Å²) in [5.41, 5.74) is 0. The molecule has 0 bridgehead atoms. The van der Waals surface area contributed by atoms with Crippen molar-refractivity contribution in [3.05, 3.63) is 46.5 Å². The van der Waals surface area contributed by atoms with Crippen molar-refractivity contribution in [2.24, 2.45) is 5.92 Å². The predicted octanol–water partition coefficient (Wildman–Crippen LogP) is 3.23. The minimum atomic E-state index is 0.0560. The van der Waals surface area contributed by atoms with Gasteiger partial charge in [0.25, 0.3) is 0 Å². The Labute approximate surface area is 153 Å². The molecule has 0 saturated carbocycles. The number of piperidine rings is 1. The standard InChI is InChI=1S/C19H26N2O3S/c1-23-11-9-21(15-18-7-4-12-25-18)19(22)16-5-2-8-20(13-16)14-17-6-3-10-24-17/h3-4,6-7,10,12,16H,2,5,8-9,11,13-15H2,1H3. The molecule has 1 aliphatic rings. The van der Waals surface area contributed by atoms with Crippen LogP contribution in [0.25, 0.3) is 0 Å². The molecule has 25 heavy (non-hydrogen) atoms. The summed E-state index contributed by atoms with van der Waals surface area (Å²) in [7, 11) is 1.68. The molecule has 1 saturated heterocycles. The number of nitrogens with zero attached hydrogens (tertiary/aromatic N) is 2. The first-order chi connectivity index (χ1) is 12.3. The number of carbonyl (C=O) groups is 1. The van der Waals surface area contributed by atoms with Crippen molar-refractivity contribution in [2.75, 3.05) is 33.4 Å². The van der Waals surface area contributed by atoms with Gasteiger partial charge in [-0.15, -0.1) is 11.3 Å². The van der Waals surface area contributed by atoms with Crippen molar-refractivity contribution >= 4 is 17.2 Å². The lowest BCUT2D eigenvalue weighted by molar-refractivity contribution is -0.138. The van der Waals surface area contributed by atoms with E-state index in [1.54, 1.807) is 24.7 Å². The van der Waals surface area contributed by atoms with Crippen molar-refractivity contribution in [2.45, 2.75) is 25.9 Å². The highest BCUT2D eigenvalue weighted by Crippen LogP contribution is 2.22. The lowest BCUT2D eigenvalue weighted by Crippen LogP contribution is -2.45. The van der Waals surface area contributed by atoms with Gasteiger partial charge in [0, 0.05) is 25.1 Å². The fraction of sp³-hybridized carbons (Fsp3) is 0.526. The minimum Gasteiger partial charge on any atom is -0.468 e. The van der Waals surface area contributed by atoms with Crippen molar-refractivity contribution in [3.63, 3.8) is 0 Å². The number of carbonyl (C=O) groups excluding carboxylic acids is 1. The predicted molar refractivity (Wildman–Crippen MR) is 98.3 cm³/mol. The molecule has 2 aromatic heterocycles. The number of amides is 1. The second-order valence-electron chi connectivity index (χ2n) is 6.49. The summed E-state index contributed by atoms with van der Waals surface area (Å²) in [6.45, 7) is 4.48. The van der Waals surface area contributed by atoms with Crippen LogP contribution in [0, 0.1) is 5.92 Å². The maximum atomic E-state index is 13.1. The zero-order valence-electron chi connectivity index (χ0n) is 14.7. The average Bonchev–Trinajstić information content (AvgIpc) is 3.32. The highest BCUT2D eigenvalue weighted by Gasteiger charge is 2.29. The van der Waals surface area contributed by atoms with Crippen molar-refractivity contribution in [3.8, 4) is 0 Å². The highest BCUT2D eigenvalue weighted by atomic mass is 32.1. The van der Waals surface area contributed by atoms with E-state index < -0.39 is 0 Å². The Balaban J connectivity index is 1.61. The first-order valence-electron chi connectivity index (χ1n) is 8.81. The SMILES string of the molecule is COCCN(Cc1cccs1)C(=O)C1CCCN(Cc2ccco2)C1. The van der Waals surface area contributed by atoms with Crippen LogP contribution in [0.5, 0.6) is 0 Å². The third-order valence-electron chi connectivity index (χ3n) is 4.62. The maximum absolute atomic E-state index is 13.1. The van der Waals surface area contributed by atoms with Gasteiger partial charge in [0.2, 0.25) is 5.91 Å². The van der Waals surface area contributed by atoms with Crippen molar-refractivity contribution in [1.29, 1.82) is 0 Å². The van der Waals surface area contributed by atoms with Crippen LogP contribution in [-0.2, 0) is 22.6 Å². The number of likely N-dealkylation sites (tertiary alicyclic amines) is 1. The Morgan fingerprint density at radius 1 is 1.44 bits per heavy atom. The van der Waals surface area contributed by atoms with Crippen molar-refractivity contribution < 1.29 is 13.9 Å². The van der Waals surface area contributed by atoms with Gasteiger partial charge in [0.15, 0.2) is 0 Å². The Bertz CT molecular complexity index is 627. The number of hydrogen-bond acceptors (Lipinski definition) is 5. The number of ether oxygens (including phenoxy) is 1. The summed E-state index contributed by atoms with van der Waals surface area (Å²) < 4.78 is 10.7. The monoisotopic (exact) mass is 362 g/mol. The van der Waals surface area contributed by atoms with Gasteiger partial charge in [0.05, 0.1) is 31.9 Å². The summed E-state index contributed by atoms with van der Waals surface area (Å²) in [5.74, 6) is 1.26. The molecule has 1 fully saturated rings. The van der Waals surface area contributed by atoms with Gasteiger partial charge < -0.3 is 14.1 Å². The number of rotatable bonds is 8. The topological polar surface area (TPSA) is 45.9 Å². The van der Waals surface area contributed by atoms with Gasteiger partial charge in [-0.25, -0.2) is 0 Å². The van der Waals surface area contributed by atoms with E-state index in [4.69, 9.17) is 9.15 Å². The van der Waals surface area contributed by atoms with Gasteiger partial charge in [-0.05, 0) is 43.0 Å². The van der Waals surface area contributed by atoms with Gasteiger partial charge >= 0.3 is 0 Å². The molecule has 136 valence electrons. The Morgan fingerprint density at radius 3 is 3.08 bits per heavy atom. The van der Waals surface area contributed by atoms with Gasteiger partial charge in [-0.2, -0.15) is 0 Å². The maximum Gasteiger partial charge on any atom is 0.227 e. The molecule has 3 rings (SSSR count). The second kappa shape index (κ2) is 9.17. The lowest BCUT2D eigenvalue weighted by Gasteiger charge is -2.34. The molecule has 3 heterocycles. The third-order valence-corrected chi connectivity index (χ3v) is 5.48. The second-order valence-corrected chi connectivity index (χ2v) is 7.52. The zero-order valence-corrected chi connectivity index (χ0v) is 15.5. The molecule has 1 unspecified atom stereocenters. The van der Waals surface area contributed by atoms with E-state index in [0.29, 0.717) is 19.7 Å².